The lowest BCUT2D eigenvalue weighted by Crippen LogP contribution is -2.18. The third kappa shape index (κ3) is 3.77. The molecule has 2 aromatic carbocycles. The summed E-state index contributed by atoms with van der Waals surface area (Å²) in [4.78, 5) is 0. The van der Waals surface area contributed by atoms with Crippen LogP contribution >= 0.6 is 0 Å². The first-order valence-corrected chi connectivity index (χ1v) is 7.20. The van der Waals surface area contributed by atoms with Gasteiger partial charge in [0.15, 0.2) is 0 Å². The summed E-state index contributed by atoms with van der Waals surface area (Å²) in [7, 11) is 1.70. The highest BCUT2D eigenvalue weighted by molar-refractivity contribution is 5.51. The second-order valence-electron chi connectivity index (χ2n) is 5.11. The molecule has 20 heavy (non-hydrogen) atoms. The highest BCUT2D eigenvalue weighted by Gasteiger charge is 2.06. The molecule has 2 rings (SSSR count). The average Bonchev–Trinajstić information content (AvgIpc) is 2.48. The van der Waals surface area contributed by atoms with Crippen molar-refractivity contribution in [3.05, 3.63) is 59.7 Å². The fourth-order valence-electron chi connectivity index (χ4n) is 2.40. The Labute approximate surface area is 121 Å². The van der Waals surface area contributed by atoms with Gasteiger partial charge in [0.2, 0.25) is 0 Å². The van der Waals surface area contributed by atoms with Crippen LogP contribution in [0.25, 0.3) is 0 Å². The Morgan fingerprint density at radius 3 is 2.40 bits per heavy atom. The third-order valence-corrected chi connectivity index (χ3v) is 3.50. The topological polar surface area (TPSA) is 21.3 Å². The molecule has 0 fully saturated rings. The van der Waals surface area contributed by atoms with Gasteiger partial charge < -0.3 is 10.1 Å². The van der Waals surface area contributed by atoms with Crippen LogP contribution < -0.4 is 10.1 Å². The van der Waals surface area contributed by atoms with Gasteiger partial charge in [-0.1, -0.05) is 37.3 Å². The Bertz CT molecular complexity index is 533. The van der Waals surface area contributed by atoms with Crippen molar-refractivity contribution in [1.82, 2.24) is 0 Å². The number of nitrogens with one attached hydrogen (secondary N) is 1. The molecule has 1 atom stereocenters. The van der Waals surface area contributed by atoms with Gasteiger partial charge in [-0.15, -0.1) is 0 Å². The minimum absolute atomic E-state index is 0.399. The minimum atomic E-state index is 0.399. The Morgan fingerprint density at radius 1 is 1.05 bits per heavy atom. The van der Waals surface area contributed by atoms with E-state index in [2.05, 4.69) is 55.6 Å². The number of rotatable bonds is 6. The maximum Gasteiger partial charge on any atom is 0.118 e. The number of para-hydroxylation sites is 1. The van der Waals surface area contributed by atoms with Crippen molar-refractivity contribution in [2.45, 2.75) is 32.7 Å². The number of hydrogen-bond acceptors (Lipinski definition) is 2. The van der Waals surface area contributed by atoms with E-state index < -0.39 is 0 Å². The molecule has 0 heterocycles. The van der Waals surface area contributed by atoms with E-state index in [1.54, 1.807) is 7.11 Å². The van der Waals surface area contributed by atoms with Crippen LogP contribution in [-0.2, 0) is 12.8 Å². The second kappa shape index (κ2) is 6.99. The fourth-order valence-corrected chi connectivity index (χ4v) is 2.40. The van der Waals surface area contributed by atoms with E-state index in [1.807, 2.05) is 12.1 Å². The summed E-state index contributed by atoms with van der Waals surface area (Å²) >= 11 is 0. The van der Waals surface area contributed by atoms with Crippen molar-refractivity contribution in [1.29, 1.82) is 0 Å². The molecule has 2 nitrogen and oxygen atoms in total. The molecule has 2 aromatic rings. The molecule has 0 aliphatic carbocycles. The van der Waals surface area contributed by atoms with E-state index in [9.17, 15) is 0 Å². The van der Waals surface area contributed by atoms with E-state index in [0.29, 0.717) is 6.04 Å². The Balaban J connectivity index is 1.99. The number of hydrogen-bond donors (Lipinski definition) is 1. The van der Waals surface area contributed by atoms with E-state index in [4.69, 9.17) is 4.74 Å². The van der Waals surface area contributed by atoms with Crippen molar-refractivity contribution in [2.24, 2.45) is 0 Å². The van der Waals surface area contributed by atoms with Crippen molar-refractivity contribution < 1.29 is 4.74 Å². The highest BCUT2D eigenvalue weighted by atomic mass is 16.5. The summed E-state index contributed by atoms with van der Waals surface area (Å²) in [5.41, 5.74) is 3.94. The van der Waals surface area contributed by atoms with Gasteiger partial charge in [0.05, 0.1) is 7.11 Å². The quantitative estimate of drug-likeness (QED) is 0.844. The molecule has 0 aliphatic rings. The standard InChI is InChI=1S/C18H23NO/c1-4-16-7-5-6-8-18(16)19-14(2)13-15-9-11-17(20-3)12-10-15/h5-12,14,19H,4,13H2,1-3H3. The molecular weight excluding hydrogens is 246 g/mol. The van der Waals surface area contributed by atoms with Crippen LogP contribution in [0.3, 0.4) is 0 Å². The Kier molecular flexibility index (Phi) is 5.05. The van der Waals surface area contributed by atoms with Crippen molar-refractivity contribution >= 4 is 5.69 Å². The van der Waals surface area contributed by atoms with Gasteiger partial charge >= 0.3 is 0 Å². The van der Waals surface area contributed by atoms with Crippen molar-refractivity contribution in [3.8, 4) is 5.75 Å². The zero-order valence-electron chi connectivity index (χ0n) is 12.5. The number of aryl methyl sites for hydroxylation is 1. The average molecular weight is 269 g/mol. The monoisotopic (exact) mass is 269 g/mol. The van der Waals surface area contributed by atoms with Crippen LogP contribution in [0.2, 0.25) is 0 Å². The summed E-state index contributed by atoms with van der Waals surface area (Å²) in [6.07, 6.45) is 2.06. The smallest absolute Gasteiger partial charge is 0.118 e. The van der Waals surface area contributed by atoms with E-state index >= 15 is 0 Å². The predicted octanol–water partition coefficient (Wildman–Crippen LogP) is 4.30. The summed E-state index contributed by atoms with van der Waals surface area (Å²) < 4.78 is 5.18. The van der Waals surface area contributed by atoms with Gasteiger partial charge in [-0.3, -0.25) is 0 Å². The lowest BCUT2D eigenvalue weighted by molar-refractivity contribution is 0.414. The molecular formula is C18H23NO. The summed E-state index contributed by atoms with van der Waals surface area (Å²) in [5.74, 6) is 0.908. The Morgan fingerprint density at radius 2 is 1.75 bits per heavy atom. The Hall–Kier alpha value is -1.96. The number of benzene rings is 2. The van der Waals surface area contributed by atoms with Crippen LogP contribution in [-0.4, -0.2) is 13.2 Å². The van der Waals surface area contributed by atoms with Crippen LogP contribution in [0.4, 0.5) is 5.69 Å². The molecule has 0 saturated carbocycles. The second-order valence-corrected chi connectivity index (χ2v) is 5.11. The fraction of sp³-hybridized carbons (Fsp3) is 0.333. The largest absolute Gasteiger partial charge is 0.497 e. The molecule has 2 heteroatoms. The van der Waals surface area contributed by atoms with Crippen LogP contribution in [0.5, 0.6) is 5.75 Å². The molecule has 0 aliphatic heterocycles. The third-order valence-electron chi connectivity index (χ3n) is 3.50. The van der Waals surface area contributed by atoms with Gasteiger partial charge in [-0.2, -0.15) is 0 Å². The molecule has 1 N–H and O–H groups in total. The van der Waals surface area contributed by atoms with Gasteiger partial charge in [-0.05, 0) is 49.1 Å². The van der Waals surface area contributed by atoms with E-state index in [1.165, 1.54) is 16.8 Å². The first-order chi connectivity index (χ1) is 9.72. The van der Waals surface area contributed by atoms with Crippen molar-refractivity contribution in [2.75, 3.05) is 12.4 Å². The van der Waals surface area contributed by atoms with Gasteiger partial charge in [0.1, 0.15) is 5.75 Å². The molecule has 0 spiro atoms. The number of methoxy groups -OCH3 is 1. The van der Waals surface area contributed by atoms with Crippen LogP contribution in [0, 0.1) is 0 Å². The minimum Gasteiger partial charge on any atom is -0.497 e. The normalized spacial score (nSPS) is 11.9. The van der Waals surface area contributed by atoms with Gasteiger partial charge in [0.25, 0.3) is 0 Å². The zero-order chi connectivity index (χ0) is 14.4. The zero-order valence-corrected chi connectivity index (χ0v) is 12.5. The molecule has 0 saturated heterocycles. The van der Waals surface area contributed by atoms with Crippen LogP contribution in [0.15, 0.2) is 48.5 Å². The van der Waals surface area contributed by atoms with Gasteiger partial charge in [0, 0.05) is 11.7 Å². The summed E-state index contributed by atoms with van der Waals surface area (Å²) in [6, 6.07) is 17.2. The number of anilines is 1. The van der Waals surface area contributed by atoms with Crippen LogP contribution in [0.1, 0.15) is 25.0 Å². The lowest BCUT2D eigenvalue weighted by Gasteiger charge is -2.18. The van der Waals surface area contributed by atoms with Crippen molar-refractivity contribution in [3.63, 3.8) is 0 Å². The molecule has 0 aromatic heterocycles. The maximum atomic E-state index is 5.18. The molecule has 0 radical (unpaired) electrons. The first-order valence-electron chi connectivity index (χ1n) is 7.20. The highest BCUT2D eigenvalue weighted by Crippen LogP contribution is 2.18. The SMILES string of the molecule is CCc1ccccc1NC(C)Cc1ccc(OC)cc1. The lowest BCUT2D eigenvalue weighted by atomic mass is 10.1. The summed E-state index contributed by atoms with van der Waals surface area (Å²) in [5, 5.41) is 3.61. The molecule has 1 unspecified atom stereocenters. The first kappa shape index (κ1) is 14.4. The molecule has 0 bridgehead atoms. The predicted molar refractivity (Wildman–Crippen MR) is 85.6 cm³/mol. The number of ether oxygens (including phenoxy) is 1. The molecule has 0 amide bonds. The van der Waals surface area contributed by atoms with Gasteiger partial charge in [-0.25, -0.2) is 0 Å². The maximum absolute atomic E-state index is 5.18. The van der Waals surface area contributed by atoms with E-state index in [-0.39, 0.29) is 0 Å². The summed E-state index contributed by atoms with van der Waals surface area (Å²) in [6.45, 7) is 4.41. The molecule has 106 valence electrons. The van der Waals surface area contributed by atoms with E-state index in [0.717, 1.165) is 18.6 Å².